The first-order valence-electron chi connectivity index (χ1n) is 5.39. The lowest BCUT2D eigenvalue weighted by Crippen LogP contribution is -2.45. The average Bonchev–Trinajstić information content (AvgIpc) is 2.22. The Bertz CT molecular complexity index is 233. The fourth-order valence-corrected chi connectivity index (χ4v) is 1.57. The van der Waals surface area contributed by atoms with Gasteiger partial charge in [-0.25, -0.2) is 4.79 Å². The molecule has 4 heteroatoms. The standard InChI is InChI=1S/C11H20N2O2/c1-4-15-11(14)10(2)9-13-7-5-12(3)6-8-13/h2,4-9H2,1,3H3. The minimum absolute atomic E-state index is 0.267. The monoisotopic (exact) mass is 212 g/mol. The number of nitrogens with zero attached hydrogens (tertiary/aromatic N) is 2. The Hall–Kier alpha value is -0.870. The summed E-state index contributed by atoms with van der Waals surface area (Å²) in [5.41, 5.74) is 0.557. The third-order valence-corrected chi connectivity index (χ3v) is 2.57. The summed E-state index contributed by atoms with van der Waals surface area (Å²) in [4.78, 5) is 15.8. The zero-order chi connectivity index (χ0) is 11.3. The number of hydrogen-bond acceptors (Lipinski definition) is 4. The van der Waals surface area contributed by atoms with Crippen molar-refractivity contribution < 1.29 is 9.53 Å². The van der Waals surface area contributed by atoms with Crippen LogP contribution < -0.4 is 0 Å². The number of esters is 1. The summed E-state index contributed by atoms with van der Waals surface area (Å²) in [5.74, 6) is -0.267. The molecular formula is C11H20N2O2. The predicted octanol–water partition coefficient (Wildman–Crippen LogP) is 0.353. The summed E-state index contributed by atoms with van der Waals surface area (Å²) in [7, 11) is 2.11. The Morgan fingerprint density at radius 2 is 1.93 bits per heavy atom. The molecule has 1 saturated heterocycles. The summed E-state index contributed by atoms with van der Waals surface area (Å²) < 4.78 is 4.89. The molecule has 0 aromatic heterocycles. The van der Waals surface area contributed by atoms with Crippen LogP contribution in [0.1, 0.15) is 6.92 Å². The number of hydrogen-bond donors (Lipinski definition) is 0. The van der Waals surface area contributed by atoms with Gasteiger partial charge >= 0.3 is 5.97 Å². The zero-order valence-electron chi connectivity index (χ0n) is 9.66. The molecule has 0 atom stereocenters. The topological polar surface area (TPSA) is 32.8 Å². The summed E-state index contributed by atoms with van der Waals surface area (Å²) in [6.07, 6.45) is 0. The molecule has 0 aromatic carbocycles. The van der Waals surface area contributed by atoms with Crippen molar-refractivity contribution in [2.24, 2.45) is 0 Å². The highest BCUT2D eigenvalue weighted by molar-refractivity contribution is 5.88. The molecule has 0 bridgehead atoms. The van der Waals surface area contributed by atoms with E-state index in [-0.39, 0.29) is 5.97 Å². The lowest BCUT2D eigenvalue weighted by molar-refractivity contribution is -0.138. The third-order valence-electron chi connectivity index (χ3n) is 2.57. The highest BCUT2D eigenvalue weighted by Gasteiger charge is 2.17. The number of piperazine rings is 1. The van der Waals surface area contributed by atoms with Crippen LogP contribution in [0.25, 0.3) is 0 Å². The van der Waals surface area contributed by atoms with Crippen molar-refractivity contribution in [3.63, 3.8) is 0 Å². The van der Waals surface area contributed by atoms with Crippen LogP contribution in [0.2, 0.25) is 0 Å². The zero-order valence-corrected chi connectivity index (χ0v) is 9.66. The molecule has 4 nitrogen and oxygen atoms in total. The molecule has 1 aliphatic heterocycles. The summed E-state index contributed by atoms with van der Waals surface area (Å²) >= 11 is 0. The van der Waals surface area contributed by atoms with Crippen LogP contribution in [0.3, 0.4) is 0 Å². The van der Waals surface area contributed by atoms with Crippen molar-refractivity contribution in [1.29, 1.82) is 0 Å². The minimum atomic E-state index is -0.267. The van der Waals surface area contributed by atoms with E-state index in [1.54, 1.807) is 6.92 Å². The summed E-state index contributed by atoms with van der Waals surface area (Å²) in [5, 5.41) is 0. The molecule has 0 N–H and O–H groups in total. The Labute approximate surface area is 91.5 Å². The van der Waals surface area contributed by atoms with Crippen LogP contribution in [0.4, 0.5) is 0 Å². The number of rotatable bonds is 4. The number of carbonyl (C=O) groups excluding carboxylic acids is 1. The third kappa shape index (κ3) is 4.01. The predicted molar refractivity (Wildman–Crippen MR) is 59.7 cm³/mol. The fraction of sp³-hybridized carbons (Fsp3) is 0.727. The van der Waals surface area contributed by atoms with E-state index in [0.717, 1.165) is 26.2 Å². The lowest BCUT2D eigenvalue weighted by atomic mass is 10.2. The normalized spacial score (nSPS) is 18.8. The summed E-state index contributed by atoms with van der Waals surface area (Å²) in [6.45, 7) is 10.7. The lowest BCUT2D eigenvalue weighted by Gasteiger charge is -2.32. The smallest absolute Gasteiger partial charge is 0.334 e. The van der Waals surface area contributed by atoms with E-state index in [0.29, 0.717) is 18.7 Å². The van der Waals surface area contributed by atoms with E-state index in [1.807, 2.05) is 0 Å². The highest BCUT2D eigenvalue weighted by atomic mass is 16.5. The first-order chi connectivity index (χ1) is 7.13. The van der Waals surface area contributed by atoms with Gasteiger partial charge in [0.1, 0.15) is 0 Å². The number of ether oxygens (including phenoxy) is 1. The van der Waals surface area contributed by atoms with Crippen LogP contribution in [0.5, 0.6) is 0 Å². The largest absolute Gasteiger partial charge is 0.463 e. The Kier molecular flexibility index (Phi) is 4.78. The van der Waals surface area contributed by atoms with Gasteiger partial charge in [-0.15, -0.1) is 0 Å². The van der Waals surface area contributed by atoms with Crippen LogP contribution in [-0.4, -0.2) is 62.1 Å². The molecule has 1 fully saturated rings. The molecule has 0 amide bonds. The van der Waals surface area contributed by atoms with E-state index in [2.05, 4.69) is 23.4 Å². The van der Waals surface area contributed by atoms with Gasteiger partial charge in [0.25, 0.3) is 0 Å². The second-order valence-corrected chi connectivity index (χ2v) is 3.90. The molecule has 86 valence electrons. The molecular weight excluding hydrogens is 192 g/mol. The van der Waals surface area contributed by atoms with Crippen molar-refractivity contribution >= 4 is 5.97 Å². The van der Waals surface area contributed by atoms with Crippen LogP contribution in [-0.2, 0) is 9.53 Å². The van der Waals surface area contributed by atoms with Gasteiger partial charge in [0, 0.05) is 38.3 Å². The van der Waals surface area contributed by atoms with Crippen molar-refractivity contribution in [2.75, 3.05) is 46.4 Å². The van der Waals surface area contributed by atoms with E-state index >= 15 is 0 Å². The van der Waals surface area contributed by atoms with E-state index in [9.17, 15) is 4.79 Å². The maximum Gasteiger partial charge on any atom is 0.334 e. The van der Waals surface area contributed by atoms with Gasteiger partial charge in [0.05, 0.1) is 6.61 Å². The van der Waals surface area contributed by atoms with Gasteiger partial charge in [-0.1, -0.05) is 6.58 Å². The second-order valence-electron chi connectivity index (χ2n) is 3.90. The molecule has 0 spiro atoms. The van der Waals surface area contributed by atoms with Gasteiger partial charge < -0.3 is 9.64 Å². The molecule has 1 aliphatic rings. The molecule has 0 aliphatic carbocycles. The average molecular weight is 212 g/mol. The quantitative estimate of drug-likeness (QED) is 0.497. The van der Waals surface area contributed by atoms with Crippen LogP contribution in [0.15, 0.2) is 12.2 Å². The van der Waals surface area contributed by atoms with Gasteiger partial charge in [0.15, 0.2) is 0 Å². The second kappa shape index (κ2) is 5.88. The van der Waals surface area contributed by atoms with Crippen molar-refractivity contribution in [3.05, 3.63) is 12.2 Å². The maximum absolute atomic E-state index is 11.3. The first kappa shape index (κ1) is 12.2. The van der Waals surface area contributed by atoms with Gasteiger partial charge in [-0.2, -0.15) is 0 Å². The van der Waals surface area contributed by atoms with Gasteiger partial charge in [-0.3, -0.25) is 4.90 Å². The Balaban J connectivity index is 2.29. The fourth-order valence-electron chi connectivity index (χ4n) is 1.57. The van der Waals surface area contributed by atoms with Crippen molar-refractivity contribution in [3.8, 4) is 0 Å². The Morgan fingerprint density at radius 3 is 2.47 bits per heavy atom. The number of carbonyl (C=O) groups is 1. The molecule has 0 unspecified atom stereocenters. The van der Waals surface area contributed by atoms with Crippen molar-refractivity contribution in [1.82, 2.24) is 9.80 Å². The molecule has 1 heterocycles. The van der Waals surface area contributed by atoms with E-state index in [1.165, 1.54) is 0 Å². The first-order valence-corrected chi connectivity index (χ1v) is 5.39. The van der Waals surface area contributed by atoms with E-state index in [4.69, 9.17) is 4.74 Å². The molecule has 15 heavy (non-hydrogen) atoms. The van der Waals surface area contributed by atoms with Crippen LogP contribution in [0, 0.1) is 0 Å². The molecule has 0 aromatic rings. The Morgan fingerprint density at radius 1 is 1.33 bits per heavy atom. The SMILES string of the molecule is C=C(CN1CCN(C)CC1)C(=O)OCC. The van der Waals surface area contributed by atoms with Gasteiger partial charge in [0.2, 0.25) is 0 Å². The maximum atomic E-state index is 11.3. The van der Waals surface area contributed by atoms with Crippen LogP contribution >= 0.6 is 0 Å². The summed E-state index contributed by atoms with van der Waals surface area (Å²) in [6, 6.07) is 0. The molecule has 0 saturated carbocycles. The van der Waals surface area contributed by atoms with Gasteiger partial charge in [-0.05, 0) is 14.0 Å². The minimum Gasteiger partial charge on any atom is -0.463 e. The van der Waals surface area contributed by atoms with Crippen molar-refractivity contribution in [2.45, 2.75) is 6.92 Å². The molecule has 0 radical (unpaired) electrons. The number of likely N-dealkylation sites (N-methyl/N-ethyl adjacent to an activating group) is 1. The highest BCUT2D eigenvalue weighted by Crippen LogP contribution is 2.04. The van der Waals surface area contributed by atoms with E-state index < -0.39 is 0 Å². The molecule has 1 rings (SSSR count).